The molecule has 1 amide bonds. The van der Waals surface area contributed by atoms with Crippen LogP contribution in [0.5, 0.6) is 0 Å². The minimum absolute atomic E-state index is 0.205. The molecule has 0 radical (unpaired) electrons. The Morgan fingerprint density at radius 1 is 1.13 bits per heavy atom. The topological polar surface area (TPSA) is 102 Å². The van der Waals surface area contributed by atoms with Gasteiger partial charge in [-0.3, -0.25) is 5.32 Å². The molecule has 2 aromatic carbocycles. The number of nitrogens with one attached hydrogen (secondary N) is 1. The van der Waals surface area contributed by atoms with Gasteiger partial charge in [-0.2, -0.15) is 0 Å². The van der Waals surface area contributed by atoms with Crippen molar-refractivity contribution >= 4 is 23.8 Å². The van der Waals surface area contributed by atoms with Gasteiger partial charge in [0.2, 0.25) is 5.76 Å². The van der Waals surface area contributed by atoms with Crippen molar-refractivity contribution in [1.82, 2.24) is 5.16 Å². The van der Waals surface area contributed by atoms with Gasteiger partial charge in [-0.05, 0) is 49.1 Å². The SMILES string of the molecule is Cc1noc(C#Cc2ccc(C=CC(=O)O)cc2)c1NC(=O)OC(C)c1ccccc1. The monoisotopic (exact) mass is 416 g/mol. The first-order valence-electron chi connectivity index (χ1n) is 9.44. The number of nitrogens with zero attached hydrogens (tertiary/aromatic N) is 1. The van der Waals surface area contributed by atoms with Gasteiger partial charge in [-0.15, -0.1) is 0 Å². The van der Waals surface area contributed by atoms with Crippen LogP contribution in [-0.4, -0.2) is 22.3 Å². The van der Waals surface area contributed by atoms with Gasteiger partial charge < -0.3 is 14.4 Å². The van der Waals surface area contributed by atoms with Crippen molar-refractivity contribution in [2.45, 2.75) is 20.0 Å². The fourth-order valence-corrected chi connectivity index (χ4v) is 2.66. The van der Waals surface area contributed by atoms with E-state index in [4.69, 9.17) is 14.4 Å². The van der Waals surface area contributed by atoms with Crippen molar-refractivity contribution in [3.05, 3.63) is 88.8 Å². The molecule has 7 nitrogen and oxygen atoms in total. The van der Waals surface area contributed by atoms with Gasteiger partial charge in [-0.1, -0.05) is 53.5 Å². The zero-order valence-electron chi connectivity index (χ0n) is 17.0. The number of carboxylic acid groups (broad SMARTS) is 1. The standard InChI is InChI=1S/C24H20N2O5/c1-16-23(25-24(29)30-17(2)20-6-4-3-5-7-20)21(31-26-16)14-12-18-8-10-19(11-9-18)13-15-22(27)28/h3-11,13,15,17H,1-2H3,(H,25,29)(H,27,28). The molecule has 3 rings (SSSR count). The first kappa shape index (κ1) is 21.4. The maximum atomic E-state index is 12.3. The Morgan fingerprint density at radius 3 is 2.52 bits per heavy atom. The van der Waals surface area contributed by atoms with E-state index in [1.54, 1.807) is 38.1 Å². The smallest absolute Gasteiger partial charge is 0.412 e. The summed E-state index contributed by atoms with van der Waals surface area (Å²) in [7, 11) is 0. The summed E-state index contributed by atoms with van der Waals surface area (Å²) in [5, 5.41) is 15.2. The maximum Gasteiger partial charge on any atom is 0.412 e. The number of carboxylic acids is 1. The van der Waals surface area contributed by atoms with Gasteiger partial charge in [-0.25, -0.2) is 9.59 Å². The molecule has 2 N–H and O–H groups in total. The molecule has 0 aliphatic rings. The van der Waals surface area contributed by atoms with Crippen molar-refractivity contribution in [2.75, 3.05) is 5.32 Å². The van der Waals surface area contributed by atoms with Crippen LogP contribution in [0.15, 0.2) is 65.2 Å². The second-order valence-corrected chi connectivity index (χ2v) is 6.60. The molecular formula is C24H20N2O5. The van der Waals surface area contributed by atoms with Gasteiger partial charge in [0.1, 0.15) is 17.5 Å². The Hall–Kier alpha value is -4.31. The van der Waals surface area contributed by atoms with Gasteiger partial charge >= 0.3 is 12.1 Å². The van der Waals surface area contributed by atoms with Crippen LogP contribution in [0.25, 0.3) is 6.08 Å². The van der Waals surface area contributed by atoms with E-state index < -0.39 is 18.2 Å². The zero-order chi connectivity index (χ0) is 22.2. The summed E-state index contributed by atoms with van der Waals surface area (Å²) in [6.45, 7) is 3.47. The highest BCUT2D eigenvalue weighted by molar-refractivity contribution is 5.87. The number of ether oxygens (including phenoxy) is 1. The number of carbonyl (C=O) groups is 2. The molecule has 1 atom stereocenters. The Kier molecular flexibility index (Phi) is 6.86. The number of benzene rings is 2. The third kappa shape index (κ3) is 6.08. The summed E-state index contributed by atoms with van der Waals surface area (Å²) >= 11 is 0. The van der Waals surface area contributed by atoms with E-state index >= 15 is 0 Å². The van der Waals surface area contributed by atoms with E-state index in [1.165, 1.54) is 6.08 Å². The van der Waals surface area contributed by atoms with Crippen LogP contribution in [-0.2, 0) is 9.53 Å². The van der Waals surface area contributed by atoms with Crippen LogP contribution in [0.2, 0.25) is 0 Å². The predicted octanol–water partition coefficient (Wildman–Crippen LogP) is 4.79. The molecule has 0 fully saturated rings. The van der Waals surface area contributed by atoms with Crippen LogP contribution in [0.3, 0.4) is 0 Å². The maximum absolute atomic E-state index is 12.3. The third-order valence-corrected chi connectivity index (χ3v) is 4.29. The number of hydrogen-bond donors (Lipinski definition) is 2. The molecule has 0 saturated heterocycles. The summed E-state index contributed by atoms with van der Waals surface area (Å²) in [4.78, 5) is 22.9. The summed E-state index contributed by atoms with van der Waals surface area (Å²) in [6, 6.07) is 16.4. The lowest BCUT2D eigenvalue weighted by molar-refractivity contribution is -0.131. The molecular weight excluding hydrogens is 396 g/mol. The molecule has 31 heavy (non-hydrogen) atoms. The number of hydrogen-bond acceptors (Lipinski definition) is 5. The van der Waals surface area contributed by atoms with E-state index in [9.17, 15) is 9.59 Å². The van der Waals surface area contributed by atoms with E-state index in [0.29, 0.717) is 16.9 Å². The highest BCUT2D eigenvalue weighted by Crippen LogP contribution is 2.22. The van der Waals surface area contributed by atoms with Gasteiger partial charge in [0.15, 0.2) is 0 Å². The molecule has 0 aliphatic carbocycles. The first-order chi connectivity index (χ1) is 14.9. The van der Waals surface area contributed by atoms with Crippen LogP contribution < -0.4 is 5.32 Å². The van der Waals surface area contributed by atoms with Crippen molar-refractivity contribution in [3.63, 3.8) is 0 Å². The summed E-state index contributed by atoms with van der Waals surface area (Å²) in [5.74, 6) is 4.97. The summed E-state index contributed by atoms with van der Waals surface area (Å²) in [5.41, 5.74) is 3.12. The quantitative estimate of drug-likeness (QED) is 0.458. The van der Waals surface area contributed by atoms with Gasteiger partial charge in [0.25, 0.3) is 0 Å². The minimum atomic E-state index is -1.01. The van der Waals surface area contributed by atoms with Crippen LogP contribution in [0, 0.1) is 18.8 Å². The van der Waals surface area contributed by atoms with Crippen LogP contribution in [0.4, 0.5) is 10.5 Å². The van der Waals surface area contributed by atoms with E-state index in [1.807, 2.05) is 30.3 Å². The molecule has 0 saturated carbocycles. The van der Waals surface area contributed by atoms with E-state index in [2.05, 4.69) is 22.3 Å². The number of anilines is 1. The van der Waals surface area contributed by atoms with Gasteiger partial charge in [0, 0.05) is 11.6 Å². The molecule has 156 valence electrons. The fraction of sp³-hybridized carbons (Fsp3) is 0.125. The molecule has 7 heteroatoms. The average Bonchev–Trinajstić information content (AvgIpc) is 3.11. The molecule has 1 unspecified atom stereocenters. The molecule has 1 aromatic heterocycles. The van der Waals surface area contributed by atoms with Crippen LogP contribution >= 0.6 is 0 Å². The average molecular weight is 416 g/mol. The van der Waals surface area contributed by atoms with Crippen molar-refractivity contribution in [1.29, 1.82) is 0 Å². The van der Waals surface area contributed by atoms with Crippen molar-refractivity contribution < 1.29 is 24.0 Å². The normalized spacial score (nSPS) is 11.4. The molecule has 0 spiro atoms. The molecule has 1 heterocycles. The second kappa shape index (κ2) is 9.94. The first-order valence-corrected chi connectivity index (χ1v) is 9.44. The zero-order valence-corrected chi connectivity index (χ0v) is 17.0. The van der Waals surface area contributed by atoms with Crippen LogP contribution in [0.1, 0.15) is 41.2 Å². The molecule has 0 aliphatic heterocycles. The van der Waals surface area contributed by atoms with Crippen molar-refractivity contribution in [2.24, 2.45) is 0 Å². The lowest BCUT2D eigenvalue weighted by Crippen LogP contribution is -2.16. The highest BCUT2D eigenvalue weighted by Gasteiger charge is 2.17. The largest absolute Gasteiger partial charge is 0.478 e. The summed E-state index contributed by atoms with van der Waals surface area (Å²) < 4.78 is 10.6. The number of aliphatic carboxylic acids is 1. The number of aromatic nitrogens is 1. The van der Waals surface area contributed by atoms with Gasteiger partial charge in [0.05, 0.1) is 0 Å². The second-order valence-electron chi connectivity index (χ2n) is 6.60. The Morgan fingerprint density at radius 2 is 1.84 bits per heavy atom. The number of rotatable bonds is 5. The lowest BCUT2D eigenvalue weighted by atomic mass is 10.1. The third-order valence-electron chi connectivity index (χ3n) is 4.29. The number of carbonyl (C=O) groups excluding carboxylic acids is 1. The number of amides is 1. The highest BCUT2D eigenvalue weighted by atomic mass is 16.6. The van der Waals surface area contributed by atoms with E-state index in [-0.39, 0.29) is 5.76 Å². The molecule has 3 aromatic rings. The number of aryl methyl sites for hydroxylation is 1. The Labute approximate surface area is 179 Å². The Bertz CT molecular complexity index is 1150. The fourth-order valence-electron chi connectivity index (χ4n) is 2.66. The van der Waals surface area contributed by atoms with Crippen molar-refractivity contribution in [3.8, 4) is 11.8 Å². The predicted molar refractivity (Wildman–Crippen MR) is 115 cm³/mol. The molecule has 0 bridgehead atoms. The van der Waals surface area contributed by atoms with E-state index in [0.717, 1.165) is 17.2 Å². The Balaban J connectivity index is 1.69. The minimum Gasteiger partial charge on any atom is -0.478 e. The lowest BCUT2D eigenvalue weighted by Gasteiger charge is -2.13. The summed E-state index contributed by atoms with van der Waals surface area (Å²) in [6.07, 6.45) is 1.49.